The second-order valence-corrected chi connectivity index (χ2v) is 12.9. The number of nitrogens with zero attached hydrogens (tertiary/aromatic N) is 1. The number of phenols is 1. The molecule has 1 aliphatic heterocycles. The number of ether oxygens (including phenoxy) is 2. The summed E-state index contributed by atoms with van der Waals surface area (Å²) in [4.78, 5) is 25.2. The van der Waals surface area contributed by atoms with Gasteiger partial charge in [-0.3, -0.25) is 4.79 Å². The van der Waals surface area contributed by atoms with Gasteiger partial charge in [0.25, 0.3) is 5.91 Å². The summed E-state index contributed by atoms with van der Waals surface area (Å²) >= 11 is 0. The minimum absolute atomic E-state index is 0.0492. The Morgan fingerprint density at radius 2 is 2.04 bits per heavy atom. The van der Waals surface area contributed by atoms with E-state index in [4.69, 9.17) is 9.47 Å². The first kappa shape index (κ1) is 20.0. The number of carbonyl (C=O) groups is 2. The fourth-order valence-corrected chi connectivity index (χ4v) is 3.23. The van der Waals surface area contributed by atoms with Gasteiger partial charge in [-0.15, -0.1) is 0 Å². The number of aromatic hydroxyl groups is 1. The van der Waals surface area contributed by atoms with Gasteiger partial charge < -0.3 is 24.6 Å². The normalized spacial score (nSPS) is 16.7. The van der Waals surface area contributed by atoms with Crippen molar-refractivity contribution >= 4 is 20.0 Å². The highest BCUT2D eigenvalue weighted by molar-refractivity contribution is 6.76. The lowest BCUT2D eigenvalue weighted by Gasteiger charge is -2.22. The van der Waals surface area contributed by atoms with E-state index in [-0.39, 0.29) is 30.3 Å². The maximum Gasteiger partial charge on any atom is 0.327 e. The van der Waals surface area contributed by atoms with Crippen LogP contribution in [0.5, 0.6) is 11.5 Å². The minimum Gasteiger partial charge on any atom is -0.507 e. The van der Waals surface area contributed by atoms with Crippen molar-refractivity contribution in [2.45, 2.75) is 38.1 Å². The molecule has 0 spiro atoms. The van der Waals surface area contributed by atoms with Crippen molar-refractivity contribution in [3.8, 4) is 11.5 Å². The molecule has 0 fully saturated rings. The summed E-state index contributed by atoms with van der Waals surface area (Å²) in [5, 5.41) is 19.4. The summed E-state index contributed by atoms with van der Waals surface area (Å²) in [7, 11) is -1.21. The van der Waals surface area contributed by atoms with Gasteiger partial charge in [-0.25, -0.2) is 4.79 Å². The predicted molar refractivity (Wildman–Crippen MR) is 99.1 cm³/mol. The molecule has 1 atom stereocenters. The van der Waals surface area contributed by atoms with Crippen LogP contribution in [0, 0.1) is 0 Å². The summed E-state index contributed by atoms with van der Waals surface area (Å²) in [5.41, 5.74) is -0.0703. The molecule has 7 nitrogen and oxygen atoms in total. The average Bonchev–Trinajstić information content (AvgIpc) is 3.03. The van der Waals surface area contributed by atoms with Gasteiger partial charge >= 0.3 is 5.97 Å². The summed E-state index contributed by atoms with van der Waals surface area (Å²) in [6.07, 6.45) is 3.25. The van der Waals surface area contributed by atoms with Crippen molar-refractivity contribution < 1.29 is 29.3 Å². The first-order valence-corrected chi connectivity index (χ1v) is 12.2. The summed E-state index contributed by atoms with van der Waals surface area (Å²) in [6.45, 7) is 7.24. The van der Waals surface area contributed by atoms with Crippen LogP contribution in [0.1, 0.15) is 16.8 Å². The summed E-state index contributed by atoms with van der Waals surface area (Å²) in [5.74, 6) is -1.83. The molecule has 8 heteroatoms. The highest BCUT2D eigenvalue weighted by Crippen LogP contribution is 2.31. The van der Waals surface area contributed by atoms with Gasteiger partial charge in [0, 0.05) is 20.9 Å². The van der Waals surface area contributed by atoms with E-state index >= 15 is 0 Å². The van der Waals surface area contributed by atoms with Crippen molar-refractivity contribution in [2.75, 3.05) is 13.4 Å². The molecule has 1 heterocycles. The summed E-state index contributed by atoms with van der Waals surface area (Å²) < 4.78 is 11.0. The van der Waals surface area contributed by atoms with Crippen LogP contribution in [0.4, 0.5) is 0 Å². The van der Waals surface area contributed by atoms with E-state index in [0.717, 1.165) is 10.9 Å². The molecule has 142 valence electrons. The number of carboxylic acid groups (broad SMARTS) is 1. The molecule has 1 aliphatic rings. The largest absolute Gasteiger partial charge is 0.507 e. The number of carboxylic acids is 1. The van der Waals surface area contributed by atoms with Crippen LogP contribution in [0.2, 0.25) is 25.7 Å². The van der Waals surface area contributed by atoms with E-state index in [2.05, 4.69) is 19.6 Å². The minimum atomic E-state index is -1.21. The molecule has 1 unspecified atom stereocenters. The van der Waals surface area contributed by atoms with Crippen LogP contribution < -0.4 is 4.74 Å². The monoisotopic (exact) mass is 379 g/mol. The Kier molecular flexibility index (Phi) is 6.44. The Morgan fingerprint density at radius 1 is 1.31 bits per heavy atom. The van der Waals surface area contributed by atoms with Gasteiger partial charge in [-0.05, 0) is 24.6 Å². The van der Waals surface area contributed by atoms with Crippen LogP contribution in [-0.2, 0) is 9.53 Å². The maximum atomic E-state index is 12.8. The molecule has 0 saturated carbocycles. The number of rotatable bonds is 8. The SMILES string of the molecule is C[Si](C)(C)CCOCOc1cccc(O)c1C(=O)N1C=CCC1C(=O)O. The molecule has 0 saturated heterocycles. The lowest BCUT2D eigenvalue weighted by atomic mass is 10.1. The van der Waals surface area contributed by atoms with Crippen LogP contribution in [0.25, 0.3) is 0 Å². The number of phenolic OH excluding ortho intramolecular Hbond substituents is 1. The quantitative estimate of drug-likeness (QED) is 0.410. The Bertz CT molecular complexity index is 697. The van der Waals surface area contributed by atoms with E-state index in [1.807, 2.05) is 0 Å². The van der Waals surface area contributed by atoms with Gasteiger partial charge in [-0.1, -0.05) is 31.8 Å². The van der Waals surface area contributed by atoms with Gasteiger partial charge in [0.15, 0.2) is 6.79 Å². The van der Waals surface area contributed by atoms with Crippen molar-refractivity contribution in [2.24, 2.45) is 0 Å². The van der Waals surface area contributed by atoms with E-state index in [1.54, 1.807) is 18.2 Å². The Balaban J connectivity index is 2.08. The maximum absolute atomic E-state index is 12.8. The lowest BCUT2D eigenvalue weighted by Crippen LogP contribution is -2.38. The van der Waals surface area contributed by atoms with E-state index in [9.17, 15) is 19.8 Å². The number of amides is 1. The molecule has 0 bridgehead atoms. The smallest absolute Gasteiger partial charge is 0.327 e. The zero-order chi connectivity index (χ0) is 19.3. The van der Waals surface area contributed by atoms with Gasteiger partial charge in [0.1, 0.15) is 23.1 Å². The van der Waals surface area contributed by atoms with Crippen molar-refractivity contribution in [1.29, 1.82) is 0 Å². The van der Waals surface area contributed by atoms with Crippen LogP contribution >= 0.6 is 0 Å². The number of aliphatic carboxylic acids is 1. The van der Waals surface area contributed by atoms with E-state index in [0.29, 0.717) is 6.61 Å². The topological polar surface area (TPSA) is 96.3 Å². The average molecular weight is 379 g/mol. The van der Waals surface area contributed by atoms with Gasteiger partial charge in [-0.2, -0.15) is 0 Å². The first-order valence-electron chi connectivity index (χ1n) is 8.45. The highest BCUT2D eigenvalue weighted by Gasteiger charge is 2.34. The molecule has 0 radical (unpaired) electrons. The molecule has 26 heavy (non-hydrogen) atoms. The third-order valence-electron chi connectivity index (χ3n) is 3.99. The Morgan fingerprint density at radius 3 is 2.69 bits per heavy atom. The molecule has 1 aromatic carbocycles. The van der Waals surface area contributed by atoms with Crippen molar-refractivity contribution in [3.05, 3.63) is 36.0 Å². The number of carbonyl (C=O) groups excluding carboxylic acids is 1. The molecule has 0 aromatic heterocycles. The summed E-state index contributed by atoms with van der Waals surface area (Å²) in [6, 6.07) is 4.47. The zero-order valence-corrected chi connectivity index (χ0v) is 16.3. The molecule has 0 aliphatic carbocycles. The molecule has 1 aromatic rings. The molecule has 2 N–H and O–H groups in total. The number of hydrogen-bond donors (Lipinski definition) is 2. The second kappa shape index (κ2) is 8.37. The fraction of sp³-hybridized carbons (Fsp3) is 0.444. The van der Waals surface area contributed by atoms with Crippen molar-refractivity contribution in [3.63, 3.8) is 0 Å². The molecule has 1 amide bonds. The highest BCUT2D eigenvalue weighted by atomic mass is 28.3. The third-order valence-corrected chi connectivity index (χ3v) is 5.70. The van der Waals surface area contributed by atoms with E-state index < -0.39 is 26.0 Å². The van der Waals surface area contributed by atoms with Gasteiger partial charge in [0.2, 0.25) is 0 Å². The van der Waals surface area contributed by atoms with Crippen LogP contribution in [0.15, 0.2) is 30.5 Å². The molecular weight excluding hydrogens is 354 g/mol. The first-order chi connectivity index (χ1) is 12.2. The molecular formula is C18H25NO6Si. The fourth-order valence-electron chi connectivity index (χ4n) is 2.48. The second-order valence-electron chi connectivity index (χ2n) is 7.32. The van der Waals surface area contributed by atoms with Crippen LogP contribution in [-0.4, -0.2) is 54.5 Å². The zero-order valence-electron chi connectivity index (χ0n) is 15.3. The van der Waals surface area contributed by atoms with Crippen LogP contribution in [0.3, 0.4) is 0 Å². The Hall–Kier alpha value is -2.32. The standard InChI is InChI=1S/C18H25NO6Si/c1-26(2,3)11-10-24-12-25-15-8-4-7-14(20)16(15)17(21)19-9-5-6-13(19)18(22)23/h4-5,7-9,13,20H,6,10-12H2,1-3H3,(H,22,23). The molecule has 2 rings (SSSR count). The third kappa shape index (κ3) is 5.09. The van der Waals surface area contributed by atoms with Gasteiger partial charge in [0.05, 0.1) is 0 Å². The number of benzene rings is 1. The Labute approximate surface area is 153 Å². The van der Waals surface area contributed by atoms with Crippen molar-refractivity contribution in [1.82, 2.24) is 4.90 Å². The number of hydrogen-bond acceptors (Lipinski definition) is 5. The predicted octanol–water partition coefficient (Wildman–Crippen LogP) is 2.90. The lowest BCUT2D eigenvalue weighted by molar-refractivity contribution is -0.141. The van der Waals surface area contributed by atoms with E-state index in [1.165, 1.54) is 12.3 Å².